The number of methoxy groups -OCH3 is 1. The molecule has 0 spiro atoms. The third kappa shape index (κ3) is 3.33. The molecule has 0 aliphatic carbocycles. The van der Waals surface area contributed by atoms with E-state index in [1.165, 1.54) is 4.88 Å². The number of aromatic nitrogens is 2. The predicted octanol–water partition coefficient (Wildman–Crippen LogP) is 1.99. The molecule has 2 rings (SSSR count). The third-order valence-corrected chi connectivity index (χ3v) is 4.27. The van der Waals surface area contributed by atoms with Crippen molar-refractivity contribution in [3.8, 4) is 5.88 Å². The lowest BCUT2D eigenvalue weighted by molar-refractivity contribution is 0.242. The average Bonchev–Trinajstić information content (AvgIpc) is 2.86. The molecule has 0 radical (unpaired) electrons. The van der Waals surface area contributed by atoms with Crippen molar-refractivity contribution in [2.75, 3.05) is 20.7 Å². The van der Waals surface area contributed by atoms with E-state index in [9.17, 15) is 0 Å². The van der Waals surface area contributed by atoms with Gasteiger partial charge < -0.3 is 10.5 Å². The maximum Gasteiger partial charge on any atom is 0.212 e. The normalized spacial score (nSPS) is 12.7. The van der Waals surface area contributed by atoms with Gasteiger partial charge in [0.1, 0.15) is 0 Å². The predicted molar refractivity (Wildman–Crippen MR) is 80.9 cm³/mol. The molecule has 2 aromatic heterocycles. The maximum atomic E-state index is 5.93. The first kappa shape index (κ1) is 14.9. The van der Waals surface area contributed by atoms with Gasteiger partial charge in [0.15, 0.2) is 0 Å². The minimum atomic E-state index is 0.134. The van der Waals surface area contributed by atoms with Crippen LogP contribution in [0.1, 0.15) is 22.2 Å². The van der Waals surface area contributed by atoms with Crippen molar-refractivity contribution >= 4 is 11.3 Å². The van der Waals surface area contributed by atoms with E-state index in [0.717, 1.165) is 17.8 Å². The fraction of sp³-hybridized carbons (Fsp3) is 0.429. The van der Waals surface area contributed by atoms with E-state index in [2.05, 4.69) is 21.9 Å². The number of thiazole rings is 1. The van der Waals surface area contributed by atoms with Gasteiger partial charge in [-0.2, -0.15) is 0 Å². The number of hydrogen-bond acceptors (Lipinski definition) is 6. The number of nitrogens with zero attached hydrogens (tertiary/aromatic N) is 3. The van der Waals surface area contributed by atoms with Crippen molar-refractivity contribution in [3.63, 3.8) is 0 Å². The summed E-state index contributed by atoms with van der Waals surface area (Å²) in [4.78, 5) is 12.0. The maximum absolute atomic E-state index is 5.93. The van der Waals surface area contributed by atoms with Crippen LogP contribution in [0.2, 0.25) is 0 Å². The highest BCUT2D eigenvalue weighted by molar-refractivity contribution is 7.09. The number of rotatable bonds is 6. The molecule has 1 atom stereocenters. The highest BCUT2D eigenvalue weighted by Gasteiger charge is 2.17. The van der Waals surface area contributed by atoms with Crippen LogP contribution >= 0.6 is 11.3 Å². The second-order valence-electron chi connectivity index (χ2n) is 4.66. The van der Waals surface area contributed by atoms with Gasteiger partial charge in [0, 0.05) is 36.3 Å². The van der Waals surface area contributed by atoms with Gasteiger partial charge in [0.05, 0.1) is 18.3 Å². The molecule has 5 nitrogen and oxygen atoms in total. The number of ether oxygens (including phenoxy) is 1. The zero-order valence-corrected chi connectivity index (χ0v) is 12.9. The molecule has 0 fully saturated rings. The summed E-state index contributed by atoms with van der Waals surface area (Å²) in [7, 11) is 3.68. The molecular formula is C14H20N4OS. The van der Waals surface area contributed by atoms with E-state index >= 15 is 0 Å². The second-order valence-corrected chi connectivity index (χ2v) is 5.60. The monoisotopic (exact) mass is 292 g/mol. The first-order valence-electron chi connectivity index (χ1n) is 6.45. The summed E-state index contributed by atoms with van der Waals surface area (Å²) in [6.45, 7) is 3.42. The third-order valence-electron chi connectivity index (χ3n) is 3.35. The summed E-state index contributed by atoms with van der Waals surface area (Å²) >= 11 is 1.68. The van der Waals surface area contributed by atoms with Crippen LogP contribution in [0.4, 0.5) is 0 Å². The van der Waals surface area contributed by atoms with Crippen LogP contribution in [0, 0.1) is 6.92 Å². The Morgan fingerprint density at radius 2 is 2.20 bits per heavy atom. The molecule has 0 saturated heterocycles. The SMILES string of the molecule is COc1ccc(C(CN)N(C)Cc2scnc2C)cn1. The summed E-state index contributed by atoms with van der Waals surface area (Å²) in [5.41, 5.74) is 9.99. The van der Waals surface area contributed by atoms with Gasteiger partial charge in [-0.15, -0.1) is 11.3 Å². The Bertz CT molecular complexity index is 540. The van der Waals surface area contributed by atoms with Crippen molar-refractivity contribution in [1.82, 2.24) is 14.9 Å². The molecule has 0 saturated carbocycles. The molecule has 0 bridgehead atoms. The van der Waals surface area contributed by atoms with Gasteiger partial charge in [-0.25, -0.2) is 9.97 Å². The Kier molecular flexibility index (Phi) is 5.05. The molecule has 2 aromatic rings. The van der Waals surface area contributed by atoms with Crippen molar-refractivity contribution in [2.45, 2.75) is 19.5 Å². The zero-order chi connectivity index (χ0) is 14.5. The molecule has 0 aliphatic rings. The fourth-order valence-electron chi connectivity index (χ4n) is 2.09. The van der Waals surface area contributed by atoms with Crippen LogP contribution in [0.15, 0.2) is 23.8 Å². The van der Waals surface area contributed by atoms with Crippen LogP contribution < -0.4 is 10.5 Å². The Balaban J connectivity index is 2.12. The molecule has 1 unspecified atom stereocenters. The lowest BCUT2D eigenvalue weighted by Crippen LogP contribution is -2.30. The van der Waals surface area contributed by atoms with E-state index in [1.54, 1.807) is 18.4 Å². The number of likely N-dealkylation sites (N-methyl/N-ethyl adjacent to an activating group) is 1. The van der Waals surface area contributed by atoms with Crippen molar-refractivity contribution in [3.05, 3.63) is 40.0 Å². The van der Waals surface area contributed by atoms with Gasteiger partial charge >= 0.3 is 0 Å². The Morgan fingerprint density at radius 1 is 1.40 bits per heavy atom. The highest BCUT2D eigenvalue weighted by Crippen LogP contribution is 2.23. The summed E-state index contributed by atoms with van der Waals surface area (Å²) in [5, 5.41) is 0. The average molecular weight is 292 g/mol. The van der Waals surface area contributed by atoms with Gasteiger partial charge in [-0.05, 0) is 19.5 Å². The molecule has 0 amide bonds. The Labute approximate surface area is 123 Å². The molecule has 0 aliphatic heterocycles. The lowest BCUT2D eigenvalue weighted by Gasteiger charge is -2.26. The summed E-state index contributed by atoms with van der Waals surface area (Å²) in [6, 6.07) is 4.01. The van der Waals surface area contributed by atoms with Gasteiger partial charge in [-0.3, -0.25) is 4.90 Å². The number of hydrogen-bond donors (Lipinski definition) is 1. The van der Waals surface area contributed by atoms with Crippen LogP contribution in [0.3, 0.4) is 0 Å². The van der Waals surface area contributed by atoms with Crippen LogP contribution in [0.5, 0.6) is 5.88 Å². The van der Waals surface area contributed by atoms with E-state index in [0.29, 0.717) is 12.4 Å². The number of pyridine rings is 1. The van der Waals surface area contributed by atoms with Crippen molar-refractivity contribution in [2.24, 2.45) is 5.73 Å². The van der Waals surface area contributed by atoms with Crippen LogP contribution in [-0.2, 0) is 6.54 Å². The van der Waals surface area contributed by atoms with Crippen LogP contribution in [0.25, 0.3) is 0 Å². The lowest BCUT2D eigenvalue weighted by atomic mass is 10.1. The quantitative estimate of drug-likeness (QED) is 0.882. The largest absolute Gasteiger partial charge is 0.481 e. The first-order valence-corrected chi connectivity index (χ1v) is 7.33. The molecule has 2 heterocycles. The van der Waals surface area contributed by atoms with E-state index in [1.807, 2.05) is 30.8 Å². The Morgan fingerprint density at radius 3 is 2.70 bits per heavy atom. The summed E-state index contributed by atoms with van der Waals surface area (Å²) in [5.74, 6) is 0.616. The highest BCUT2D eigenvalue weighted by atomic mass is 32.1. The molecule has 2 N–H and O–H groups in total. The number of nitrogens with two attached hydrogens (primary N) is 1. The standard InChI is InChI=1S/C14H20N4OS/c1-10-13(20-9-17-10)8-18(2)12(6-15)11-4-5-14(19-3)16-7-11/h4-5,7,9,12H,6,8,15H2,1-3H3. The van der Waals surface area contributed by atoms with E-state index in [-0.39, 0.29) is 6.04 Å². The topological polar surface area (TPSA) is 64.3 Å². The summed E-state index contributed by atoms with van der Waals surface area (Å²) in [6.07, 6.45) is 1.83. The Hall–Kier alpha value is -1.50. The molecule has 20 heavy (non-hydrogen) atoms. The smallest absolute Gasteiger partial charge is 0.212 e. The van der Waals surface area contributed by atoms with E-state index < -0.39 is 0 Å². The van der Waals surface area contributed by atoms with Gasteiger partial charge in [0.25, 0.3) is 0 Å². The fourth-order valence-corrected chi connectivity index (χ4v) is 2.93. The molecule has 0 aromatic carbocycles. The summed E-state index contributed by atoms with van der Waals surface area (Å²) < 4.78 is 5.08. The molecule has 108 valence electrons. The zero-order valence-electron chi connectivity index (χ0n) is 12.0. The second kappa shape index (κ2) is 6.78. The van der Waals surface area contributed by atoms with E-state index in [4.69, 9.17) is 10.5 Å². The molecular weight excluding hydrogens is 272 g/mol. The molecule has 6 heteroatoms. The minimum absolute atomic E-state index is 0.134. The number of aryl methyl sites for hydroxylation is 1. The minimum Gasteiger partial charge on any atom is -0.481 e. The van der Waals surface area contributed by atoms with Gasteiger partial charge in [-0.1, -0.05) is 6.07 Å². The van der Waals surface area contributed by atoms with Gasteiger partial charge in [0.2, 0.25) is 5.88 Å². The first-order chi connectivity index (χ1) is 9.65. The van der Waals surface area contributed by atoms with Crippen molar-refractivity contribution < 1.29 is 4.74 Å². The van der Waals surface area contributed by atoms with Crippen molar-refractivity contribution in [1.29, 1.82) is 0 Å². The van der Waals surface area contributed by atoms with Crippen LogP contribution in [-0.4, -0.2) is 35.6 Å².